The highest BCUT2D eigenvalue weighted by atomic mass is 32.1. The molecule has 7 aromatic heterocycles. The lowest BCUT2D eigenvalue weighted by Crippen LogP contribution is -1.68. The molecule has 7 heteroatoms. The quantitative estimate of drug-likeness (QED) is 0.170. The van der Waals surface area contributed by atoms with Crippen LogP contribution in [0.1, 0.15) is 0 Å². The summed E-state index contributed by atoms with van der Waals surface area (Å²) >= 11 is 13.4. The Balaban J connectivity index is 0.944. The second-order valence-corrected chi connectivity index (χ2v) is 19.3. The molecule has 0 nitrogen and oxygen atoms in total. The van der Waals surface area contributed by atoms with Crippen LogP contribution < -0.4 is 0 Å². The highest BCUT2D eigenvalue weighted by Crippen LogP contribution is 2.48. The first-order chi connectivity index (χ1) is 23.2. The largest absolute Gasteiger partial charge is 0.135 e. The highest BCUT2D eigenvalue weighted by molar-refractivity contribution is 7.34. The van der Waals surface area contributed by atoms with Gasteiger partial charge in [-0.25, -0.2) is 0 Å². The number of benzene rings is 4. The Morgan fingerprint density at radius 1 is 0.255 bits per heavy atom. The molecular formula is C40H20S7. The molecule has 0 N–H and O–H groups in total. The Bertz CT molecular complexity index is 2690. The molecule has 0 spiro atoms. The summed E-state index contributed by atoms with van der Waals surface area (Å²) in [6, 6.07) is 45.5. The van der Waals surface area contributed by atoms with Gasteiger partial charge >= 0.3 is 0 Å². The van der Waals surface area contributed by atoms with Crippen LogP contribution in [-0.4, -0.2) is 0 Å². The molecule has 0 saturated carbocycles. The van der Waals surface area contributed by atoms with Crippen LogP contribution in [0.2, 0.25) is 0 Å². The SMILES string of the molecule is c1ccc(-c2cc3sc(-c4cc5cc6c(cc5s4)sc4cc5sc(-c7cc8sc(-c9ccccc9)cc8s7)cc5cc46)cc3s2)cc1. The first-order valence-corrected chi connectivity index (χ1v) is 20.9. The molecule has 0 atom stereocenters. The minimum atomic E-state index is 1.30. The molecule has 11 rings (SSSR count). The Morgan fingerprint density at radius 3 is 1.06 bits per heavy atom. The maximum atomic E-state index is 2.43. The molecule has 11 aromatic rings. The van der Waals surface area contributed by atoms with Gasteiger partial charge in [0.1, 0.15) is 0 Å². The van der Waals surface area contributed by atoms with Crippen molar-refractivity contribution < 1.29 is 0 Å². The van der Waals surface area contributed by atoms with Gasteiger partial charge in [0, 0.05) is 77.6 Å². The van der Waals surface area contributed by atoms with Crippen LogP contribution in [0, 0.1) is 0 Å². The topological polar surface area (TPSA) is 0 Å². The summed E-state index contributed by atoms with van der Waals surface area (Å²) in [7, 11) is 0. The van der Waals surface area contributed by atoms with Crippen molar-refractivity contribution in [3.63, 3.8) is 0 Å². The van der Waals surface area contributed by atoms with Crippen LogP contribution in [0.5, 0.6) is 0 Å². The van der Waals surface area contributed by atoms with E-state index in [4.69, 9.17) is 0 Å². The highest BCUT2D eigenvalue weighted by Gasteiger charge is 2.16. The first-order valence-electron chi connectivity index (χ1n) is 15.2. The van der Waals surface area contributed by atoms with Crippen LogP contribution in [0.3, 0.4) is 0 Å². The van der Waals surface area contributed by atoms with Gasteiger partial charge in [-0.2, -0.15) is 0 Å². The summed E-state index contributed by atoms with van der Waals surface area (Å²) in [5.41, 5.74) is 2.60. The monoisotopic (exact) mass is 724 g/mol. The zero-order valence-electron chi connectivity index (χ0n) is 24.4. The molecule has 7 heterocycles. The summed E-state index contributed by atoms with van der Waals surface area (Å²) in [6.45, 7) is 0. The van der Waals surface area contributed by atoms with E-state index in [1.54, 1.807) is 0 Å². The predicted octanol–water partition coefficient (Wildman–Crippen LogP) is 15.7. The van der Waals surface area contributed by atoms with Crippen molar-refractivity contribution >= 4 is 139 Å². The van der Waals surface area contributed by atoms with Gasteiger partial charge in [0.15, 0.2) is 0 Å². The van der Waals surface area contributed by atoms with Gasteiger partial charge in [0.25, 0.3) is 0 Å². The minimum absolute atomic E-state index is 1.30. The summed E-state index contributed by atoms with van der Waals surface area (Å²) in [6.07, 6.45) is 0. The Labute approximate surface area is 297 Å². The first kappa shape index (κ1) is 27.3. The maximum absolute atomic E-state index is 2.43. The van der Waals surface area contributed by atoms with E-state index >= 15 is 0 Å². The molecule has 47 heavy (non-hydrogen) atoms. The van der Waals surface area contributed by atoms with E-state index in [0.29, 0.717) is 0 Å². The second-order valence-electron chi connectivity index (χ2n) is 11.7. The average Bonchev–Trinajstić information content (AvgIpc) is 3.93. The summed E-state index contributed by atoms with van der Waals surface area (Å²) in [4.78, 5) is 8.18. The zero-order valence-corrected chi connectivity index (χ0v) is 30.1. The number of fused-ring (bicyclic) bond motifs is 7. The molecule has 0 unspecified atom stereocenters. The average molecular weight is 725 g/mol. The van der Waals surface area contributed by atoms with Crippen molar-refractivity contribution in [3.8, 4) is 40.4 Å². The Kier molecular flexibility index (Phi) is 6.05. The van der Waals surface area contributed by atoms with E-state index in [1.165, 1.54) is 99.5 Å². The summed E-state index contributed by atoms with van der Waals surface area (Å²) < 4.78 is 11.0. The molecule has 0 aliphatic heterocycles. The molecule has 0 amide bonds. The Hall–Kier alpha value is -3.66. The van der Waals surface area contributed by atoms with E-state index in [0.717, 1.165) is 0 Å². The smallest absolute Gasteiger partial charge is 0.0464 e. The predicted molar refractivity (Wildman–Crippen MR) is 218 cm³/mol. The van der Waals surface area contributed by atoms with Crippen LogP contribution in [-0.2, 0) is 0 Å². The number of rotatable bonds is 4. The Morgan fingerprint density at radius 2 is 0.617 bits per heavy atom. The molecule has 0 aliphatic rings. The van der Waals surface area contributed by atoms with Crippen molar-refractivity contribution in [2.45, 2.75) is 0 Å². The molecule has 0 fully saturated rings. The van der Waals surface area contributed by atoms with Crippen LogP contribution in [0.25, 0.3) is 99.5 Å². The number of thiophene rings is 7. The summed E-state index contributed by atoms with van der Waals surface area (Å²) in [5.74, 6) is 0. The van der Waals surface area contributed by atoms with Gasteiger partial charge < -0.3 is 0 Å². The van der Waals surface area contributed by atoms with Crippen molar-refractivity contribution in [3.05, 3.63) is 121 Å². The third-order valence-corrected chi connectivity index (χ3v) is 17.2. The molecule has 0 bridgehead atoms. The fourth-order valence-electron chi connectivity index (χ4n) is 6.49. The molecule has 0 aliphatic carbocycles. The molecule has 4 aromatic carbocycles. The third-order valence-electron chi connectivity index (χ3n) is 8.76. The standard InChI is InChI=1S/C40H20S7/c1-3-7-21(8-4-1)27-17-35-39(41-27)19-37(46-35)33-13-23-11-25-26-12-24-14-34(44-30(24)16-32(26)45-31(25)15-29(23)43-33)38-20-40-36(47-38)18-28(42-40)22-9-5-2-6-10-22/h1-20H. The van der Waals surface area contributed by atoms with Crippen molar-refractivity contribution in [2.75, 3.05) is 0 Å². The van der Waals surface area contributed by atoms with Crippen LogP contribution >= 0.6 is 79.4 Å². The van der Waals surface area contributed by atoms with Gasteiger partial charge in [0.2, 0.25) is 0 Å². The third kappa shape index (κ3) is 4.46. The van der Waals surface area contributed by atoms with Gasteiger partial charge in [0.05, 0.1) is 0 Å². The van der Waals surface area contributed by atoms with E-state index in [2.05, 4.69) is 121 Å². The lowest BCUT2D eigenvalue weighted by molar-refractivity contribution is 1.70. The molecule has 222 valence electrons. The van der Waals surface area contributed by atoms with E-state index in [1.807, 2.05) is 79.4 Å². The van der Waals surface area contributed by atoms with E-state index < -0.39 is 0 Å². The molecule has 0 radical (unpaired) electrons. The number of hydrogen-bond donors (Lipinski definition) is 0. The minimum Gasteiger partial charge on any atom is -0.135 e. The van der Waals surface area contributed by atoms with Crippen LogP contribution in [0.4, 0.5) is 0 Å². The van der Waals surface area contributed by atoms with Crippen molar-refractivity contribution in [1.29, 1.82) is 0 Å². The fraction of sp³-hybridized carbons (Fsp3) is 0. The molecule has 0 saturated heterocycles. The maximum Gasteiger partial charge on any atom is 0.0464 e. The van der Waals surface area contributed by atoms with Gasteiger partial charge in [-0.1, -0.05) is 60.7 Å². The normalized spacial score (nSPS) is 12.3. The van der Waals surface area contributed by atoms with Crippen molar-refractivity contribution in [2.24, 2.45) is 0 Å². The van der Waals surface area contributed by atoms with Crippen molar-refractivity contribution in [1.82, 2.24) is 0 Å². The summed E-state index contributed by atoms with van der Waals surface area (Å²) in [5, 5.41) is 5.44. The van der Waals surface area contributed by atoms with E-state index in [9.17, 15) is 0 Å². The van der Waals surface area contributed by atoms with Crippen LogP contribution in [0.15, 0.2) is 121 Å². The fourth-order valence-corrected chi connectivity index (χ4v) is 14.9. The van der Waals surface area contributed by atoms with Gasteiger partial charge in [-0.15, -0.1) is 79.4 Å². The second kappa shape index (κ2) is 10.4. The van der Waals surface area contributed by atoms with Gasteiger partial charge in [-0.3, -0.25) is 0 Å². The lowest BCUT2D eigenvalue weighted by Gasteiger charge is -1.94. The lowest BCUT2D eigenvalue weighted by atomic mass is 10.1. The zero-order chi connectivity index (χ0) is 30.6. The van der Waals surface area contributed by atoms with E-state index in [-0.39, 0.29) is 0 Å². The molecular weight excluding hydrogens is 705 g/mol. The number of hydrogen-bond acceptors (Lipinski definition) is 7. The van der Waals surface area contributed by atoms with Gasteiger partial charge in [-0.05, 0) is 82.6 Å².